The number of nitrogens with one attached hydrogen (secondary N) is 1. The van der Waals surface area contributed by atoms with E-state index < -0.39 is 17.5 Å². The summed E-state index contributed by atoms with van der Waals surface area (Å²) in [7, 11) is 1.62. The zero-order valence-electron chi connectivity index (χ0n) is 12.6. The van der Waals surface area contributed by atoms with Crippen molar-refractivity contribution >= 4 is 23.2 Å². The molecule has 1 aromatic heterocycles. The molecule has 3 rings (SSSR count). The summed E-state index contributed by atoms with van der Waals surface area (Å²) in [5.74, 6) is -2.32. The number of amides is 1. The fourth-order valence-corrected chi connectivity index (χ4v) is 2.46. The molecule has 122 valence electrons. The van der Waals surface area contributed by atoms with Crippen molar-refractivity contribution < 1.29 is 13.6 Å². The lowest BCUT2D eigenvalue weighted by atomic mass is 10.1. The second kappa shape index (κ2) is 6.41. The Labute approximate surface area is 141 Å². The van der Waals surface area contributed by atoms with Crippen LogP contribution in [0.2, 0.25) is 5.02 Å². The third-order valence-electron chi connectivity index (χ3n) is 3.41. The minimum absolute atomic E-state index is 0.150. The summed E-state index contributed by atoms with van der Waals surface area (Å²) in [4.78, 5) is 12.3. The van der Waals surface area contributed by atoms with Crippen LogP contribution in [0.3, 0.4) is 0 Å². The Morgan fingerprint density at radius 2 is 1.92 bits per heavy atom. The minimum Gasteiger partial charge on any atom is -0.321 e. The first kappa shape index (κ1) is 16.1. The van der Waals surface area contributed by atoms with Crippen molar-refractivity contribution in [2.75, 3.05) is 5.32 Å². The second-order valence-electron chi connectivity index (χ2n) is 5.13. The van der Waals surface area contributed by atoms with E-state index in [0.717, 1.165) is 12.1 Å². The maximum atomic E-state index is 13.4. The van der Waals surface area contributed by atoms with Crippen molar-refractivity contribution in [2.45, 2.75) is 0 Å². The maximum Gasteiger partial charge on any atom is 0.276 e. The molecule has 7 heteroatoms. The molecular formula is C17H12ClF2N3O. The van der Waals surface area contributed by atoms with Crippen LogP contribution in [-0.4, -0.2) is 15.7 Å². The van der Waals surface area contributed by atoms with E-state index in [1.54, 1.807) is 31.3 Å². The molecule has 0 saturated heterocycles. The van der Waals surface area contributed by atoms with Crippen LogP contribution in [0.1, 0.15) is 10.5 Å². The highest BCUT2D eigenvalue weighted by molar-refractivity contribution is 6.30. The Bertz CT molecular complexity index is 924. The Kier molecular flexibility index (Phi) is 4.31. The summed E-state index contributed by atoms with van der Waals surface area (Å²) in [5, 5.41) is 7.29. The summed E-state index contributed by atoms with van der Waals surface area (Å²) >= 11 is 5.87. The van der Waals surface area contributed by atoms with Gasteiger partial charge in [-0.05, 0) is 42.5 Å². The van der Waals surface area contributed by atoms with Crippen molar-refractivity contribution in [3.63, 3.8) is 0 Å². The molecule has 0 bridgehead atoms. The molecule has 1 amide bonds. The molecule has 0 radical (unpaired) electrons. The van der Waals surface area contributed by atoms with E-state index >= 15 is 0 Å². The van der Waals surface area contributed by atoms with Crippen molar-refractivity contribution in [2.24, 2.45) is 7.05 Å². The molecule has 0 atom stereocenters. The van der Waals surface area contributed by atoms with Crippen LogP contribution in [-0.2, 0) is 7.05 Å². The number of nitrogens with zero attached hydrogens (tertiary/aromatic N) is 2. The fourth-order valence-electron chi connectivity index (χ4n) is 2.27. The number of carbonyl (C=O) groups is 1. The lowest BCUT2D eigenvalue weighted by Gasteiger charge is -2.02. The molecule has 0 unspecified atom stereocenters. The number of benzene rings is 2. The van der Waals surface area contributed by atoms with Gasteiger partial charge in [0.15, 0.2) is 17.3 Å². The van der Waals surface area contributed by atoms with Gasteiger partial charge in [-0.25, -0.2) is 8.78 Å². The van der Waals surface area contributed by atoms with Gasteiger partial charge in [0.25, 0.3) is 5.91 Å². The number of aromatic nitrogens is 2. The van der Waals surface area contributed by atoms with Crippen LogP contribution in [0.4, 0.5) is 14.5 Å². The van der Waals surface area contributed by atoms with E-state index in [-0.39, 0.29) is 5.69 Å². The first-order valence-electron chi connectivity index (χ1n) is 7.00. The predicted molar refractivity (Wildman–Crippen MR) is 88.0 cm³/mol. The quantitative estimate of drug-likeness (QED) is 0.769. The fraction of sp³-hybridized carbons (Fsp3) is 0.0588. The maximum absolute atomic E-state index is 13.4. The first-order chi connectivity index (χ1) is 11.4. The van der Waals surface area contributed by atoms with Crippen molar-refractivity contribution in [1.29, 1.82) is 0 Å². The summed E-state index contributed by atoms with van der Waals surface area (Å²) in [5.41, 5.74) is 1.60. The highest BCUT2D eigenvalue weighted by Gasteiger charge is 2.15. The summed E-state index contributed by atoms with van der Waals surface area (Å²) in [6, 6.07) is 11.7. The minimum atomic E-state index is -0.960. The van der Waals surface area contributed by atoms with Gasteiger partial charge in [0.2, 0.25) is 0 Å². The molecule has 0 aliphatic rings. The molecule has 0 spiro atoms. The normalized spacial score (nSPS) is 10.7. The van der Waals surface area contributed by atoms with Gasteiger partial charge in [0.05, 0.1) is 5.69 Å². The molecule has 0 fully saturated rings. The van der Waals surface area contributed by atoms with Crippen LogP contribution < -0.4 is 5.32 Å². The zero-order valence-corrected chi connectivity index (χ0v) is 13.3. The molecule has 0 aliphatic carbocycles. The molecule has 4 nitrogen and oxygen atoms in total. The molecule has 1 N–H and O–H groups in total. The number of hydrogen-bond donors (Lipinski definition) is 1. The van der Waals surface area contributed by atoms with Crippen LogP contribution >= 0.6 is 11.6 Å². The third kappa shape index (κ3) is 3.28. The SMILES string of the molecule is Cn1nc(C(=O)Nc2cccc(Cl)c2)cc1-c1ccc(F)c(F)c1. The number of aryl methyl sites for hydroxylation is 1. The van der Waals surface area contributed by atoms with E-state index in [0.29, 0.717) is 22.0 Å². The van der Waals surface area contributed by atoms with Gasteiger partial charge in [0.1, 0.15) is 0 Å². The van der Waals surface area contributed by atoms with E-state index in [1.165, 1.54) is 16.8 Å². The Hall–Kier alpha value is -2.73. The molecule has 2 aromatic carbocycles. The van der Waals surface area contributed by atoms with E-state index in [1.807, 2.05) is 0 Å². The van der Waals surface area contributed by atoms with Gasteiger partial charge in [-0.2, -0.15) is 5.10 Å². The van der Waals surface area contributed by atoms with Crippen LogP contribution in [0.25, 0.3) is 11.3 Å². The third-order valence-corrected chi connectivity index (χ3v) is 3.65. The Balaban J connectivity index is 1.88. The Morgan fingerprint density at radius 1 is 1.12 bits per heavy atom. The second-order valence-corrected chi connectivity index (χ2v) is 5.57. The van der Waals surface area contributed by atoms with Gasteiger partial charge in [-0.1, -0.05) is 17.7 Å². The van der Waals surface area contributed by atoms with Crippen LogP contribution in [0.5, 0.6) is 0 Å². The van der Waals surface area contributed by atoms with Gasteiger partial charge in [-0.15, -0.1) is 0 Å². The van der Waals surface area contributed by atoms with E-state index in [2.05, 4.69) is 10.4 Å². The average molecular weight is 348 g/mol. The van der Waals surface area contributed by atoms with E-state index in [4.69, 9.17) is 11.6 Å². The summed E-state index contributed by atoms with van der Waals surface area (Å²) in [6.45, 7) is 0. The summed E-state index contributed by atoms with van der Waals surface area (Å²) < 4.78 is 27.9. The topological polar surface area (TPSA) is 46.9 Å². The predicted octanol–water partition coefficient (Wildman–Crippen LogP) is 4.27. The van der Waals surface area contributed by atoms with Crippen molar-refractivity contribution in [3.05, 3.63) is 70.9 Å². The molecule has 24 heavy (non-hydrogen) atoms. The zero-order chi connectivity index (χ0) is 17.3. The standard InChI is InChI=1S/C17H12ClF2N3O/c1-23-16(10-5-6-13(19)14(20)7-10)9-15(22-23)17(24)21-12-4-2-3-11(18)8-12/h2-9H,1H3,(H,21,24). The number of rotatable bonds is 3. The van der Waals surface area contributed by atoms with Crippen molar-refractivity contribution in [3.8, 4) is 11.3 Å². The largest absolute Gasteiger partial charge is 0.321 e. The lowest BCUT2D eigenvalue weighted by molar-refractivity contribution is 0.102. The highest BCUT2D eigenvalue weighted by atomic mass is 35.5. The number of anilines is 1. The van der Waals surface area contributed by atoms with Gasteiger partial charge >= 0.3 is 0 Å². The molecule has 1 heterocycles. The van der Waals surface area contributed by atoms with Gasteiger partial charge < -0.3 is 5.32 Å². The van der Waals surface area contributed by atoms with Crippen molar-refractivity contribution in [1.82, 2.24) is 9.78 Å². The van der Waals surface area contributed by atoms with E-state index in [9.17, 15) is 13.6 Å². The first-order valence-corrected chi connectivity index (χ1v) is 7.38. The van der Waals surface area contributed by atoms with Gasteiger partial charge in [-0.3, -0.25) is 9.48 Å². The number of halogens is 3. The summed E-state index contributed by atoms with van der Waals surface area (Å²) in [6.07, 6.45) is 0. The molecule has 3 aromatic rings. The average Bonchev–Trinajstić information content (AvgIpc) is 2.92. The monoisotopic (exact) mass is 347 g/mol. The number of hydrogen-bond acceptors (Lipinski definition) is 2. The molecule has 0 aliphatic heterocycles. The lowest BCUT2D eigenvalue weighted by Crippen LogP contribution is -2.12. The van der Waals surface area contributed by atoms with Crippen LogP contribution in [0, 0.1) is 11.6 Å². The smallest absolute Gasteiger partial charge is 0.276 e. The Morgan fingerprint density at radius 3 is 2.62 bits per heavy atom. The number of carbonyl (C=O) groups excluding carboxylic acids is 1. The van der Waals surface area contributed by atoms with Gasteiger partial charge in [0, 0.05) is 23.3 Å². The highest BCUT2D eigenvalue weighted by Crippen LogP contribution is 2.23. The molecule has 0 saturated carbocycles. The van der Waals surface area contributed by atoms with Crippen LogP contribution in [0.15, 0.2) is 48.5 Å². The molecular weight excluding hydrogens is 336 g/mol.